The van der Waals surface area contributed by atoms with Crippen LogP contribution in [-0.4, -0.2) is 40.4 Å². The number of phenols is 4. The van der Waals surface area contributed by atoms with Crippen LogP contribution in [0.4, 0.5) is 8.78 Å². The maximum Gasteiger partial charge on any atom is 0.204 e. The van der Waals surface area contributed by atoms with Gasteiger partial charge in [0.2, 0.25) is 11.5 Å². The second-order valence-electron chi connectivity index (χ2n) is 9.84. The van der Waals surface area contributed by atoms with Gasteiger partial charge < -0.3 is 39.1 Å². The van der Waals surface area contributed by atoms with Crippen LogP contribution in [0.3, 0.4) is 0 Å². The fraction of sp³-hybridized carbons (Fsp3) is 0.125. The lowest BCUT2D eigenvalue weighted by Crippen LogP contribution is -2.20. The van der Waals surface area contributed by atoms with Crippen molar-refractivity contribution in [3.05, 3.63) is 97.6 Å². The molecule has 10 nitrogen and oxygen atoms in total. The Morgan fingerprint density at radius 1 is 0.826 bits per heavy atom. The number of ether oxygens (including phenoxy) is 3. The Kier molecular flexibility index (Phi) is 8.86. The molecule has 0 amide bonds. The molecule has 1 aliphatic rings. The zero-order valence-electron chi connectivity index (χ0n) is 23.7. The summed E-state index contributed by atoms with van der Waals surface area (Å²) in [6.07, 6.45) is -0.688. The van der Waals surface area contributed by atoms with Gasteiger partial charge in [-0.2, -0.15) is 0 Å². The summed E-state index contributed by atoms with van der Waals surface area (Å²) < 4.78 is 47.5. The molecule has 0 aliphatic carbocycles. The minimum atomic E-state index is -1.10. The summed E-state index contributed by atoms with van der Waals surface area (Å²) >= 11 is 12.0. The van der Waals surface area contributed by atoms with Gasteiger partial charge >= 0.3 is 0 Å². The predicted molar refractivity (Wildman–Crippen MR) is 163 cm³/mol. The molecule has 1 unspecified atom stereocenters. The minimum Gasteiger partial charge on any atom is -0.507 e. The van der Waals surface area contributed by atoms with Crippen LogP contribution in [0, 0.1) is 11.6 Å². The van der Waals surface area contributed by atoms with E-state index in [4.69, 9.17) is 41.8 Å². The maximum absolute atomic E-state index is 13.4. The zero-order valence-corrected chi connectivity index (χ0v) is 25.2. The van der Waals surface area contributed by atoms with E-state index in [0.717, 1.165) is 24.3 Å². The van der Waals surface area contributed by atoms with Gasteiger partial charge in [-0.1, -0.05) is 23.2 Å². The van der Waals surface area contributed by atoms with Crippen molar-refractivity contribution in [2.24, 2.45) is 0 Å². The number of carbonyl (C=O) groups excluding carboxylic acids is 1. The molecule has 238 valence electrons. The van der Waals surface area contributed by atoms with E-state index in [-0.39, 0.29) is 68.8 Å². The lowest BCUT2D eigenvalue weighted by molar-refractivity contribution is 0.0836. The SMILES string of the molecule is COc1c(O)cc(O)c2c(=O)cc(-c3ccc(F)c(F)c3)oc12.COc1cc(O)c2c(c1O)OC(c1cc(Cl)cc(Cl)c1)CC2=O. The number of aromatic hydroxyl groups is 4. The van der Waals surface area contributed by atoms with Crippen molar-refractivity contribution in [2.45, 2.75) is 12.5 Å². The summed E-state index contributed by atoms with van der Waals surface area (Å²) in [5, 5.41) is 40.4. The van der Waals surface area contributed by atoms with E-state index in [1.807, 2.05) is 0 Å². The Morgan fingerprint density at radius 2 is 1.52 bits per heavy atom. The third kappa shape index (κ3) is 6.04. The molecule has 5 aromatic rings. The number of hydrogen-bond donors (Lipinski definition) is 4. The Hall–Kier alpha value is -5.20. The number of halogens is 4. The molecular formula is C32H22Cl2F2O10. The van der Waals surface area contributed by atoms with Crippen LogP contribution >= 0.6 is 23.2 Å². The number of methoxy groups -OCH3 is 2. The fourth-order valence-electron chi connectivity index (χ4n) is 4.82. The van der Waals surface area contributed by atoms with Gasteiger partial charge in [-0.25, -0.2) is 8.78 Å². The Balaban J connectivity index is 0.000000181. The summed E-state index contributed by atoms with van der Waals surface area (Å²) in [6, 6.07) is 11.0. The smallest absolute Gasteiger partial charge is 0.204 e. The highest BCUT2D eigenvalue weighted by molar-refractivity contribution is 6.34. The zero-order chi connectivity index (χ0) is 33.4. The summed E-state index contributed by atoms with van der Waals surface area (Å²) in [7, 11) is 2.58. The molecular weight excluding hydrogens is 653 g/mol. The summed E-state index contributed by atoms with van der Waals surface area (Å²) in [5.74, 6) is -4.37. The Morgan fingerprint density at radius 3 is 2.15 bits per heavy atom. The normalized spacial score (nSPS) is 13.8. The first-order chi connectivity index (χ1) is 21.8. The topological polar surface area (TPSA) is 156 Å². The van der Waals surface area contributed by atoms with E-state index in [9.17, 15) is 38.8 Å². The molecule has 6 rings (SSSR count). The molecule has 2 heterocycles. The van der Waals surface area contributed by atoms with Crippen molar-refractivity contribution in [3.63, 3.8) is 0 Å². The molecule has 0 spiro atoms. The van der Waals surface area contributed by atoms with Crippen LogP contribution in [0.2, 0.25) is 10.0 Å². The second kappa shape index (κ2) is 12.7. The number of hydrogen-bond acceptors (Lipinski definition) is 10. The molecule has 0 radical (unpaired) electrons. The van der Waals surface area contributed by atoms with Gasteiger partial charge in [0.25, 0.3) is 0 Å². The lowest BCUT2D eigenvalue weighted by Gasteiger charge is -2.27. The van der Waals surface area contributed by atoms with Crippen molar-refractivity contribution in [1.82, 2.24) is 0 Å². The highest BCUT2D eigenvalue weighted by Crippen LogP contribution is 2.49. The molecule has 0 saturated heterocycles. The number of carbonyl (C=O) groups is 1. The van der Waals surface area contributed by atoms with Gasteiger partial charge in [0.1, 0.15) is 34.3 Å². The molecule has 0 saturated carbocycles. The molecule has 0 bridgehead atoms. The summed E-state index contributed by atoms with van der Waals surface area (Å²) in [6.45, 7) is 0. The molecule has 46 heavy (non-hydrogen) atoms. The van der Waals surface area contributed by atoms with Crippen LogP contribution in [0.25, 0.3) is 22.3 Å². The fourth-order valence-corrected chi connectivity index (χ4v) is 5.36. The minimum absolute atomic E-state index is 0.0109. The Labute approximate surface area is 268 Å². The second-order valence-corrected chi connectivity index (χ2v) is 10.7. The van der Waals surface area contributed by atoms with Crippen molar-refractivity contribution >= 4 is 40.0 Å². The van der Waals surface area contributed by atoms with Gasteiger partial charge in [0, 0.05) is 33.8 Å². The van der Waals surface area contributed by atoms with E-state index in [0.29, 0.717) is 15.6 Å². The van der Waals surface area contributed by atoms with Crippen molar-refractivity contribution < 1.29 is 52.6 Å². The quantitative estimate of drug-likeness (QED) is 0.143. The average Bonchev–Trinajstić information content (AvgIpc) is 2.99. The van der Waals surface area contributed by atoms with Gasteiger partial charge in [0.05, 0.1) is 20.6 Å². The monoisotopic (exact) mass is 674 g/mol. The first kappa shape index (κ1) is 32.2. The molecule has 1 atom stereocenters. The number of rotatable bonds is 4. The first-order valence-electron chi connectivity index (χ1n) is 13.1. The largest absolute Gasteiger partial charge is 0.507 e. The number of Topliss-reactive ketones (excluding diaryl/α,β-unsaturated/α-hetero) is 1. The van der Waals surface area contributed by atoms with Gasteiger partial charge in [-0.15, -0.1) is 0 Å². The average molecular weight is 675 g/mol. The van der Waals surface area contributed by atoms with E-state index in [1.54, 1.807) is 18.2 Å². The number of fused-ring (bicyclic) bond motifs is 2. The molecule has 4 aromatic carbocycles. The van der Waals surface area contributed by atoms with E-state index in [1.165, 1.54) is 26.4 Å². The Bertz CT molecular complexity index is 2060. The van der Waals surface area contributed by atoms with Crippen LogP contribution in [0.5, 0.6) is 40.2 Å². The highest BCUT2D eigenvalue weighted by atomic mass is 35.5. The van der Waals surface area contributed by atoms with Crippen LogP contribution in [0.15, 0.2) is 63.8 Å². The van der Waals surface area contributed by atoms with Crippen molar-refractivity contribution in [1.29, 1.82) is 0 Å². The van der Waals surface area contributed by atoms with Crippen LogP contribution < -0.4 is 19.6 Å². The molecule has 4 N–H and O–H groups in total. The van der Waals surface area contributed by atoms with Crippen molar-refractivity contribution in [2.75, 3.05) is 14.2 Å². The number of phenolic OH excluding ortho intramolecular Hbond substituents is 4. The standard InChI is InChI=1S/C16H12Cl2O5.C16H10F2O5/c1-22-13-6-11(20)14-10(19)5-12(23-16(14)15(13)21)7-2-8(17)4-9(18)3-7;1-22-15-12(21)5-10(19)14-11(20)6-13(23-16(14)15)7-2-3-8(17)9(18)4-7/h2-4,6,12,20-21H,5H2,1H3;2-6,19,21H,1H3. The maximum atomic E-state index is 13.4. The third-order valence-corrected chi connectivity index (χ3v) is 7.35. The van der Waals surface area contributed by atoms with Crippen LogP contribution in [-0.2, 0) is 0 Å². The highest BCUT2D eigenvalue weighted by Gasteiger charge is 2.34. The van der Waals surface area contributed by atoms with Gasteiger partial charge in [-0.05, 0) is 42.0 Å². The van der Waals surface area contributed by atoms with Crippen molar-refractivity contribution in [3.8, 4) is 51.6 Å². The lowest BCUT2D eigenvalue weighted by atomic mass is 9.95. The molecule has 1 aromatic heterocycles. The predicted octanol–water partition coefficient (Wildman–Crippen LogP) is 7.28. The molecule has 0 fully saturated rings. The van der Waals surface area contributed by atoms with Gasteiger partial charge in [0.15, 0.2) is 45.7 Å². The summed E-state index contributed by atoms with van der Waals surface area (Å²) in [4.78, 5) is 24.6. The first-order valence-corrected chi connectivity index (χ1v) is 13.9. The van der Waals surface area contributed by atoms with Gasteiger partial charge in [-0.3, -0.25) is 9.59 Å². The molecule has 14 heteroatoms. The third-order valence-electron chi connectivity index (χ3n) is 6.91. The number of benzene rings is 4. The summed E-state index contributed by atoms with van der Waals surface area (Å²) in [5.41, 5.74) is -0.164. The van der Waals surface area contributed by atoms with E-state index >= 15 is 0 Å². The number of ketones is 1. The van der Waals surface area contributed by atoms with E-state index < -0.39 is 34.7 Å². The van der Waals surface area contributed by atoms with E-state index in [2.05, 4.69) is 0 Å². The van der Waals surface area contributed by atoms with Crippen LogP contribution in [0.1, 0.15) is 28.4 Å². The molecule has 1 aliphatic heterocycles.